The van der Waals surface area contributed by atoms with Crippen molar-refractivity contribution in [3.63, 3.8) is 0 Å². The summed E-state index contributed by atoms with van der Waals surface area (Å²) in [6, 6.07) is 3.61. The van der Waals surface area contributed by atoms with Crippen LogP contribution in [0.1, 0.15) is 39.0 Å². The monoisotopic (exact) mass is 362 g/mol. The maximum Gasteiger partial charge on any atom is 0.125 e. The van der Waals surface area contributed by atoms with Gasteiger partial charge in [-0.1, -0.05) is 24.4 Å². The first-order valence-corrected chi connectivity index (χ1v) is 8.38. The van der Waals surface area contributed by atoms with E-state index in [-0.39, 0.29) is 11.9 Å². The first-order valence-electron chi connectivity index (χ1n) is 7.20. The maximum absolute atomic E-state index is 13.2. The van der Waals surface area contributed by atoms with Gasteiger partial charge in [-0.05, 0) is 60.8 Å². The molecule has 1 aliphatic rings. The van der Waals surface area contributed by atoms with Crippen molar-refractivity contribution in [3.05, 3.63) is 27.4 Å². The first kappa shape index (κ1) is 16.1. The Morgan fingerprint density at radius 2 is 2.25 bits per heavy atom. The summed E-state index contributed by atoms with van der Waals surface area (Å²) >= 11 is 9.46. The van der Waals surface area contributed by atoms with Gasteiger partial charge in [0.15, 0.2) is 0 Å². The number of halogens is 3. The first-order chi connectivity index (χ1) is 9.56. The summed E-state index contributed by atoms with van der Waals surface area (Å²) in [5.74, 6) is -0.328. The van der Waals surface area contributed by atoms with Gasteiger partial charge in [0.05, 0.1) is 10.7 Å². The van der Waals surface area contributed by atoms with Crippen molar-refractivity contribution in [3.8, 4) is 0 Å². The smallest absolute Gasteiger partial charge is 0.125 e. The van der Waals surface area contributed by atoms with E-state index < -0.39 is 0 Å². The summed E-state index contributed by atoms with van der Waals surface area (Å²) in [6.07, 6.45) is 6.16. The van der Waals surface area contributed by atoms with Crippen molar-refractivity contribution in [1.82, 2.24) is 5.32 Å². The molecule has 20 heavy (non-hydrogen) atoms. The van der Waals surface area contributed by atoms with Crippen molar-refractivity contribution >= 4 is 33.2 Å². The van der Waals surface area contributed by atoms with Crippen LogP contribution in [0.5, 0.6) is 0 Å². The largest absolute Gasteiger partial charge is 0.380 e. The van der Waals surface area contributed by atoms with E-state index >= 15 is 0 Å². The minimum Gasteiger partial charge on any atom is -0.380 e. The van der Waals surface area contributed by atoms with Crippen LogP contribution in [0.15, 0.2) is 16.6 Å². The Morgan fingerprint density at radius 1 is 1.45 bits per heavy atom. The van der Waals surface area contributed by atoms with Gasteiger partial charge in [0.1, 0.15) is 5.82 Å². The molecule has 0 radical (unpaired) electrons. The van der Waals surface area contributed by atoms with Crippen LogP contribution in [0.4, 0.5) is 10.1 Å². The Labute approximate surface area is 133 Å². The van der Waals surface area contributed by atoms with Crippen molar-refractivity contribution in [1.29, 1.82) is 0 Å². The lowest BCUT2D eigenvalue weighted by atomic mass is 10.0. The fourth-order valence-electron chi connectivity index (χ4n) is 2.71. The number of hydrogen-bond donors (Lipinski definition) is 2. The fraction of sp³-hybridized carbons (Fsp3) is 0.600. The third-order valence-corrected chi connectivity index (χ3v) is 4.62. The van der Waals surface area contributed by atoms with Gasteiger partial charge in [-0.25, -0.2) is 4.39 Å². The molecule has 1 fully saturated rings. The zero-order chi connectivity index (χ0) is 14.5. The molecule has 0 aromatic heterocycles. The fourth-order valence-corrected chi connectivity index (χ4v) is 3.64. The van der Waals surface area contributed by atoms with Crippen LogP contribution >= 0.6 is 27.5 Å². The summed E-state index contributed by atoms with van der Waals surface area (Å²) in [5.41, 5.74) is 0.772. The van der Waals surface area contributed by atoms with Gasteiger partial charge in [0.2, 0.25) is 0 Å². The molecule has 1 heterocycles. The third-order valence-electron chi connectivity index (χ3n) is 3.70. The molecule has 2 rings (SSSR count). The Morgan fingerprint density at radius 3 is 3.00 bits per heavy atom. The Hall–Kier alpha value is -0.320. The lowest BCUT2D eigenvalue weighted by Crippen LogP contribution is -2.33. The molecular formula is C15H21BrClFN2. The summed E-state index contributed by atoms with van der Waals surface area (Å²) < 4.78 is 13.9. The Balaban J connectivity index is 1.95. The Kier molecular flexibility index (Phi) is 6.12. The van der Waals surface area contributed by atoms with E-state index in [1.165, 1.54) is 37.8 Å². The molecule has 2 atom stereocenters. The normalized spacial score (nSPS) is 21.3. The van der Waals surface area contributed by atoms with E-state index in [1.807, 2.05) is 0 Å². The molecule has 0 aliphatic carbocycles. The molecule has 0 amide bonds. The van der Waals surface area contributed by atoms with Gasteiger partial charge < -0.3 is 10.6 Å². The van der Waals surface area contributed by atoms with E-state index in [9.17, 15) is 4.39 Å². The zero-order valence-electron chi connectivity index (χ0n) is 11.7. The predicted molar refractivity (Wildman–Crippen MR) is 87.1 cm³/mol. The summed E-state index contributed by atoms with van der Waals surface area (Å²) in [4.78, 5) is 0. The lowest BCUT2D eigenvalue weighted by molar-refractivity contribution is 0.456. The van der Waals surface area contributed by atoms with Crippen LogP contribution < -0.4 is 10.6 Å². The summed E-state index contributed by atoms with van der Waals surface area (Å²) in [5, 5.41) is 7.39. The molecule has 2 unspecified atom stereocenters. The molecule has 2 nitrogen and oxygen atoms in total. The van der Waals surface area contributed by atoms with Crippen LogP contribution in [0.2, 0.25) is 5.02 Å². The van der Waals surface area contributed by atoms with E-state index in [0.29, 0.717) is 15.5 Å². The Bertz CT molecular complexity index is 424. The van der Waals surface area contributed by atoms with Crippen molar-refractivity contribution in [2.75, 3.05) is 11.9 Å². The van der Waals surface area contributed by atoms with Crippen LogP contribution in [0.3, 0.4) is 0 Å². The molecule has 5 heteroatoms. The standard InChI is InChI=1S/C15H21BrClFN2/c1-10(7-12-5-3-2-4-6-19-12)20-15-13(16)8-11(18)9-14(15)17/h8-10,12,19-20H,2-7H2,1H3. The molecule has 2 N–H and O–H groups in total. The predicted octanol–water partition coefficient (Wildman–Crippen LogP) is 4.96. The van der Waals surface area contributed by atoms with Gasteiger partial charge in [-0.2, -0.15) is 0 Å². The number of anilines is 1. The van der Waals surface area contributed by atoms with Crippen LogP contribution in [0.25, 0.3) is 0 Å². The quantitative estimate of drug-likeness (QED) is 0.789. The van der Waals surface area contributed by atoms with E-state index in [4.69, 9.17) is 11.6 Å². The second-order valence-electron chi connectivity index (χ2n) is 5.53. The number of hydrogen-bond acceptors (Lipinski definition) is 2. The molecule has 1 aromatic rings. The number of nitrogens with one attached hydrogen (secondary N) is 2. The lowest BCUT2D eigenvalue weighted by Gasteiger charge is -2.23. The minimum atomic E-state index is -0.328. The molecule has 1 saturated heterocycles. The van der Waals surface area contributed by atoms with Gasteiger partial charge in [0.25, 0.3) is 0 Å². The van der Waals surface area contributed by atoms with Gasteiger partial charge in [-0.3, -0.25) is 0 Å². The summed E-state index contributed by atoms with van der Waals surface area (Å²) in [7, 11) is 0. The van der Waals surface area contributed by atoms with E-state index in [0.717, 1.165) is 18.7 Å². The maximum atomic E-state index is 13.2. The molecule has 0 saturated carbocycles. The second-order valence-corrected chi connectivity index (χ2v) is 6.79. The topological polar surface area (TPSA) is 24.1 Å². The highest BCUT2D eigenvalue weighted by Crippen LogP contribution is 2.32. The highest BCUT2D eigenvalue weighted by molar-refractivity contribution is 9.10. The third kappa shape index (κ3) is 4.61. The average molecular weight is 364 g/mol. The molecule has 1 aromatic carbocycles. The summed E-state index contributed by atoms with van der Waals surface area (Å²) in [6.45, 7) is 3.25. The van der Waals surface area contributed by atoms with Crippen molar-refractivity contribution in [2.45, 2.75) is 51.1 Å². The van der Waals surface area contributed by atoms with Crippen LogP contribution in [0, 0.1) is 5.82 Å². The molecule has 0 spiro atoms. The number of benzene rings is 1. The van der Waals surface area contributed by atoms with E-state index in [2.05, 4.69) is 33.5 Å². The molecule has 112 valence electrons. The zero-order valence-corrected chi connectivity index (χ0v) is 14.0. The second kappa shape index (κ2) is 7.62. The van der Waals surface area contributed by atoms with Crippen LogP contribution in [-0.2, 0) is 0 Å². The van der Waals surface area contributed by atoms with E-state index in [1.54, 1.807) is 0 Å². The minimum absolute atomic E-state index is 0.282. The van der Waals surface area contributed by atoms with Gasteiger partial charge in [-0.15, -0.1) is 0 Å². The highest BCUT2D eigenvalue weighted by Gasteiger charge is 2.16. The molecule has 1 aliphatic heterocycles. The van der Waals surface area contributed by atoms with Gasteiger partial charge >= 0.3 is 0 Å². The highest BCUT2D eigenvalue weighted by atomic mass is 79.9. The van der Waals surface area contributed by atoms with Gasteiger partial charge in [0, 0.05) is 16.6 Å². The van der Waals surface area contributed by atoms with Crippen molar-refractivity contribution < 1.29 is 4.39 Å². The number of rotatable bonds is 4. The molecule has 0 bridgehead atoms. The average Bonchev–Trinajstić information content (AvgIpc) is 2.62. The van der Waals surface area contributed by atoms with Crippen LogP contribution in [-0.4, -0.2) is 18.6 Å². The SMILES string of the molecule is CC(CC1CCCCCN1)Nc1c(Cl)cc(F)cc1Br. The van der Waals surface area contributed by atoms with Crippen molar-refractivity contribution in [2.24, 2.45) is 0 Å². The molecular weight excluding hydrogens is 343 g/mol.